The average Bonchev–Trinajstić information content (AvgIpc) is 2.30. The topological polar surface area (TPSA) is 43.1 Å². The van der Waals surface area contributed by atoms with Crippen molar-refractivity contribution in [1.29, 1.82) is 0 Å². The first-order chi connectivity index (χ1) is 8.27. The Balaban J connectivity index is 3.06. The average molecular weight is 239 g/mol. The minimum atomic E-state index is -0.189. The van der Waals surface area contributed by atoms with Crippen LogP contribution in [0.3, 0.4) is 0 Å². The van der Waals surface area contributed by atoms with Crippen LogP contribution in [-0.4, -0.2) is 5.91 Å². The van der Waals surface area contributed by atoms with Crippen LogP contribution >= 0.6 is 0 Å². The molecule has 0 rings (SSSR count). The van der Waals surface area contributed by atoms with E-state index in [0.717, 1.165) is 12.8 Å². The fourth-order valence-corrected chi connectivity index (χ4v) is 1.85. The summed E-state index contributed by atoms with van der Waals surface area (Å²) >= 11 is 0. The van der Waals surface area contributed by atoms with Crippen LogP contribution in [0.2, 0.25) is 0 Å². The standard InChI is InChI=1S/C15H29NO/c1-2-3-4-5-6-7-8-9-10-11-12-13-14-15(16)17/h10-11H,2-9,12-14H2,1H3,(H2,16,17). The normalized spacial score (nSPS) is 11.1. The van der Waals surface area contributed by atoms with Crippen LogP contribution in [-0.2, 0) is 4.79 Å². The van der Waals surface area contributed by atoms with Crippen LogP contribution in [0.25, 0.3) is 0 Å². The number of amides is 1. The fourth-order valence-electron chi connectivity index (χ4n) is 1.85. The molecule has 0 aromatic heterocycles. The van der Waals surface area contributed by atoms with Crippen molar-refractivity contribution in [2.75, 3.05) is 0 Å². The Morgan fingerprint density at radius 3 is 2.00 bits per heavy atom. The van der Waals surface area contributed by atoms with Crippen LogP contribution < -0.4 is 5.73 Å². The Kier molecular flexibility index (Phi) is 12.7. The second-order valence-corrected chi connectivity index (χ2v) is 4.74. The lowest BCUT2D eigenvalue weighted by Crippen LogP contribution is -2.09. The van der Waals surface area contributed by atoms with Crippen molar-refractivity contribution >= 4 is 5.91 Å². The molecule has 1 amide bonds. The monoisotopic (exact) mass is 239 g/mol. The lowest BCUT2D eigenvalue weighted by molar-refractivity contribution is -0.118. The van der Waals surface area contributed by atoms with Gasteiger partial charge in [-0.25, -0.2) is 0 Å². The first kappa shape index (κ1) is 16.2. The molecule has 0 aliphatic rings. The number of carbonyl (C=O) groups excluding carboxylic acids is 1. The zero-order valence-corrected chi connectivity index (χ0v) is 11.4. The summed E-state index contributed by atoms with van der Waals surface area (Å²) in [7, 11) is 0. The van der Waals surface area contributed by atoms with Gasteiger partial charge in [-0.05, 0) is 25.7 Å². The number of unbranched alkanes of at least 4 members (excludes halogenated alkanes) is 8. The number of rotatable bonds is 12. The number of carbonyl (C=O) groups is 1. The minimum Gasteiger partial charge on any atom is -0.370 e. The van der Waals surface area contributed by atoms with E-state index in [1.54, 1.807) is 0 Å². The van der Waals surface area contributed by atoms with Gasteiger partial charge < -0.3 is 5.73 Å². The third-order valence-corrected chi connectivity index (χ3v) is 2.93. The van der Waals surface area contributed by atoms with Crippen molar-refractivity contribution in [3.05, 3.63) is 12.2 Å². The fraction of sp³-hybridized carbons (Fsp3) is 0.800. The van der Waals surface area contributed by atoms with E-state index in [2.05, 4.69) is 19.1 Å². The van der Waals surface area contributed by atoms with Gasteiger partial charge in [0, 0.05) is 6.42 Å². The molecule has 0 saturated carbocycles. The van der Waals surface area contributed by atoms with E-state index in [0.29, 0.717) is 6.42 Å². The largest absolute Gasteiger partial charge is 0.370 e. The van der Waals surface area contributed by atoms with E-state index in [1.165, 1.54) is 51.4 Å². The summed E-state index contributed by atoms with van der Waals surface area (Å²) in [4.78, 5) is 10.5. The summed E-state index contributed by atoms with van der Waals surface area (Å²) in [6.45, 7) is 2.25. The van der Waals surface area contributed by atoms with Gasteiger partial charge in [-0.1, -0.05) is 57.6 Å². The van der Waals surface area contributed by atoms with Gasteiger partial charge in [-0.3, -0.25) is 4.79 Å². The van der Waals surface area contributed by atoms with Gasteiger partial charge in [0.1, 0.15) is 0 Å². The van der Waals surface area contributed by atoms with E-state index in [4.69, 9.17) is 5.73 Å². The molecule has 17 heavy (non-hydrogen) atoms. The molecule has 0 fully saturated rings. The molecule has 0 unspecified atom stereocenters. The smallest absolute Gasteiger partial charge is 0.217 e. The van der Waals surface area contributed by atoms with Crippen LogP contribution in [0, 0.1) is 0 Å². The van der Waals surface area contributed by atoms with E-state index in [1.807, 2.05) is 0 Å². The Bertz CT molecular complexity index is 199. The van der Waals surface area contributed by atoms with Crippen molar-refractivity contribution in [2.24, 2.45) is 5.73 Å². The zero-order chi connectivity index (χ0) is 12.8. The van der Waals surface area contributed by atoms with Crippen molar-refractivity contribution in [1.82, 2.24) is 0 Å². The Hall–Kier alpha value is -0.790. The predicted molar refractivity (Wildman–Crippen MR) is 74.8 cm³/mol. The molecule has 0 aromatic carbocycles. The quantitative estimate of drug-likeness (QED) is 0.399. The van der Waals surface area contributed by atoms with Gasteiger partial charge in [-0.15, -0.1) is 0 Å². The molecule has 100 valence electrons. The number of primary amides is 1. The molecule has 2 heteroatoms. The molecule has 0 heterocycles. The van der Waals surface area contributed by atoms with Gasteiger partial charge in [0.25, 0.3) is 0 Å². The number of nitrogens with two attached hydrogens (primary N) is 1. The predicted octanol–water partition coefficient (Wildman–Crippen LogP) is 4.34. The summed E-state index contributed by atoms with van der Waals surface area (Å²) in [5.41, 5.74) is 5.06. The second-order valence-electron chi connectivity index (χ2n) is 4.74. The Labute approximate surface area is 107 Å². The second kappa shape index (κ2) is 13.3. The van der Waals surface area contributed by atoms with Crippen LogP contribution in [0.15, 0.2) is 12.2 Å². The first-order valence-electron chi connectivity index (χ1n) is 7.20. The lowest BCUT2D eigenvalue weighted by atomic mass is 10.1. The van der Waals surface area contributed by atoms with Gasteiger partial charge in [-0.2, -0.15) is 0 Å². The molecule has 0 radical (unpaired) electrons. The van der Waals surface area contributed by atoms with E-state index in [9.17, 15) is 4.79 Å². The van der Waals surface area contributed by atoms with Crippen molar-refractivity contribution in [2.45, 2.75) is 77.6 Å². The third kappa shape index (κ3) is 15.2. The Morgan fingerprint density at radius 2 is 1.41 bits per heavy atom. The highest BCUT2D eigenvalue weighted by molar-refractivity contribution is 5.73. The summed E-state index contributed by atoms with van der Waals surface area (Å²) in [5.74, 6) is -0.189. The summed E-state index contributed by atoms with van der Waals surface area (Å²) in [6, 6.07) is 0. The van der Waals surface area contributed by atoms with Crippen molar-refractivity contribution < 1.29 is 4.79 Å². The lowest BCUT2D eigenvalue weighted by Gasteiger charge is -1.98. The maximum absolute atomic E-state index is 10.5. The van der Waals surface area contributed by atoms with E-state index >= 15 is 0 Å². The highest BCUT2D eigenvalue weighted by Gasteiger charge is 1.91. The van der Waals surface area contributed by atoms with E-state index < -0.39 is 0 Å². The Morgan fingerprint density at radius 1 is 0.882 bits per heavy atom. The van der Waals surface area contributed by atoms with Crippen LogP contribution in [0.4, 0.5) is 0 Å². The molecule has 0 aliphatic carbocycles. The summed E-state index contributed by atoms with van der Waals surface area (Å²) < 4.78 is 0. The highest BCUT2D eigenvalue weighted by atomic mass is 16.1. The number of allylic oxidation sites excluding steroid dienone is 2. The minimum absolute atomic E-state index is 0.189. The summed E-state index contributed by atoms with van der Waals surface area (Å²) in [6.07, 6.45) is 17.6. The molecule has 0 spiro atoms. The molecular formula is C15H29NO. The molecule has 0 aromatic rings. The molecule has 0 aliphatic heterocycles. The molecule has 0 saturated heterocycles. The zero-order valence-electron chi connectivity index (χ0n) is 11.4. The maximum atomic E-state index is 10.5. The molecule has 2 N–H and O–H groups in total. The summed E-state index contributed by atoms with van der Waals surface area (Å²) in [5, 5.41) is 0. The van der Waals surface area contributed by atoms with Gasteiger partial charge in [0.05, 0.1) is 0 Å². The molecule has 0 atom stereocenters. The highest BCUT2D eigenvalue weighted by Crippen LogP contribution is 2.08. The number of hydrogen-bond acceptors (Lipinski definition) is 1. The SMILES string of the molecule is CCCCCCCCCC=CCCCC(N)=O. The molecule has 0 bridgehead atoms. The van der Waals surface area contributed by atoms with Gasteiger partial charge in [0.2, 0.25) is 5.91 Å². The van der Waals surface area contributed by atoms with Gasteiger partial charge >= 0.3 is 0 Å². The van der Waals surface area contributed by atoms with E-state index in [-0.39, 0.29) is 5.91 Å². The number of hydrogen-bond donors (Lipinski definition) is 1. The molecule has 2 nitrogen and oxygen atoms in total. The van der Waals surface area contributed by atoms with Gasteiger partial charge in [0.15, 0.2) is 0 Å². The van der Waals surface area contributed by atoms with Crippen LogP contribution in [0.1, 0.15) is 77.6 Å². The third-order valence-electron chi connectivity index (χ3n) is 2.93. The first-order valence-corrected chi connectivity index (χ1v) is 7.20. The van der Waals surface area contributed by atoms with Crippen molar-refractivity contribution in [3.63, 3.8) is 0 Å². The molecular weight excluding hydrogens is 210 g/mol. The van der Waals surface area contributed by atoms with Crippen LogP contribution in [0.5, 0.6) is 0 Å². The maximum Gasteiger partial charge on any atom is 0.217 e. The van der Waals surface area contributed by atoms with Crippen molar-refractivity contribution in [3.8, 4) is 0 Å².